The van der Waals surface area contributed by atoms with Gasteiger partial charge in [-0.1, -0.05) is 6.07 Å². The SMILES string of the molecule is Cc1ccc(O)cc1[C@]12CCN(C)[C@H](C)[C@]1(O)Cc1cc(C(O)N[C@@H](C)C(N)=O)c(=O)[nH]c1C2. The monoisotopic (exact) mass is 470 g/mol. The number of hydrogen-bond acceptors (Lipinski definition) is 7. The Hall–Kier alpha value is -2.72. The molecule has 34 heavy (non-hydrogen) atoms. The molecule has 4 rings (SSSR count). The summed E-state index contributed by atoms with van der Waals surface area (Å²) in [7, 11) is 1.98. The molecule has 2 aromatic rings. The number of aliphatic hydroxyl groups excluding tert-OH is 1. The van der Waals surface area contributed by atoms with Crippen LogP contribution in [0.4, 0.5) is 0 Å². The van der Waals surface area contributed by atoms with Crippen LogP contribution in [-0.4, -0.2) is 62.4 Å². The number of fused-ring (bicyclic) bond motifs is 2. The number of nitrogens with two attached hydrogens (primary N) is 1. The summed E-state index contributed by atoms with van der Waals surface area (Å²) >= 11 is 0. The number of primary amides is 1. The molecule has 9 nitrogen and oxygen atoms in total. The molecule has 0 saturated carbocycles. The number of aryl methyl sites for hydroxylation is 1. The maximum absolute atomic E-state index is 12.9. The number of aromatic nitrogens is 1. The standard InChI is InChI=1S/C25H34N4O5/c1-13-5-6-17(30)10-19(13)24-7-8-29(4)15(3)25(24,34)11-16-9-18(23(33)28-20(16)12-24)22(32)27-14(2)21(26)31/h5-6,9-10,14-15,22,27,30,32,34H,7-8,11-12H2,1-4H3,(H2,26,31)(H,28,33)/t14-,15+,22?,24+,25+/m0/s1. The molecule has 1 aromatic heterocycles. The maximum Gasteiger partial charge on any atom is 0.255 e. The van der Waals surface area contributed by atoms with Crippen LogP contribution in [0.15, 0.2) is 29.1 Å². The van der Waals surface area contributed by atoms with Gasteiger partial charge in [0.15, 0.2) is 0 Å². The molecular weight excluding hydrogens is 436 g/mol. The third-order valence-corrected chi connectivity index (χ3v) is 8.12. The lowest BCUT2D eigenvalue weighted by Crippen LogP contribution is -2.70. The third-order valence-electron chi connectivity index (χ3n) is 8.12. The van der Waals surface area contributed by atoms with Gasteiger partial charge in [0, 0.05) is 30.0 Å². The maximum atomic E-state index is 12.9. The van der Waals surface area contributed by atoms with E-state index in [2.05, 4.69) is 15.2 Å². The number of likely N-dealkylation sites (N-methyl/N-ethyl adjacent to an activating group) is 1. The summed E-state index contributed by atoms with van der Waals surface area (Å²) in [6.07, 6.45) is -0.0984. The number of aromatic hydroxyl groups is 1. The Morgan fingerprint density at radius 2 is 2.03 bits per heavy atom. The number of piperidine rings is 1. The van der Waals surface area contributed by atoms with Gasteiger partial charge in [-0.25, -0.2) is 0 Å². The Labute approximate surface area is 198 Å². The van der Waals surface area contributed by atoms with Crippen LogP contribution in [0.5, 0.6) is 5.75 Å². The number of carbonyl (C=O) groups is 1. The predicted molar refractivity (Wildman–Crippen MR) is 127 cm³/mol. The number of phenolic OH excluding ortho intramolecular Hbond substituents is 1. The third kappa shape index (κ3) is 3.73. The molecule has 1 aromatic carbocycles. The lowest BCUT2D eigenvalue weighted by atomic mass is 9.53. The van der Waals surface area contributed by atoms with E-state index in [0.29, 0.717) is 18.5 Å². The normalized spacial score (nSPS) is 28.6. The average Bonchev–Trinajstić information content (AvgIpc) is 2.77. The van der Waals surface area contributed by atoms with Crippen LogP contribution in [0.1, 0.15) is 54.4 Å². The number of rotatable bonds is 5. The molecule has 184 valence electrons. The Morgan fingerprint density at radius 3 is 2.71 bits per heavy atom. The van der Waals surface area contributed by atoms with Crippen LogP contribution >= 0.6 is 0 Å². The van der Waals surface area contributed by atoms with Gasteiger partial charge in [-0.05, 0) is 75.7 Å². The van der Waals surface area contributed by atoms with Crippen molar-refractivity contribution in [2.75, 3.05) is 13.6 Å². The van der Waals surface area contributed by atoms with Gasteiger partial charge in [-0.15, -0.1) is 0 Å². The number of H-pyrrole nitrogens is 1. The number of amides is 1. The van der Waals surface area contributed by atoms with E-state index in [4.69, 9.17) is 5.73 Å². The fourth-order valence-electron chi connectivity index (χ4n) is 5.84. The van der Waals surface area contributed by atoms with Crippen molar-refractivity contribution < 1.29 is 20.1 Å². The second kappa shape index (κ2) is 8.49. The van der Waals surface area contributed by atoms with Gasteiger partial charge in [0.1, 0.15) is 12.0 Å². The minimum absolute atomic E-state index is 0.0632. The summed E-state index contributed by atoms with van der Waals surface area (Å²) in [5, 5.41) is 35.9. The molecule has 2 aliphatic rings. The molecule has 1 aliphatic carbocycles. The lowest BCUT2D eigenvalue weighted by Gasteiger charge is -2.59. The highest BCUT2D eigenvalue weighted by molar-refractivity contribution is 5.79. The summed E-state index contributed by atoms with van der Waals surface area (Å²) in [6, 6.07) is 5.80. The van der Waals surface area contributed by atoms with Gasteiger partial charge in [-0.2, -0.15) is 0 Å². The van der Waals surface area contributed by atoms with Crippen molar-refractivity contribution in [1.29, 1.82) is 0 Å². The van der Waals surface area contributed by atoms with Crippen molar-refractivity contribution >= 4 is 5.91 Å². The fourth-order valence-corrected chi connectivity index (χ4v) is 5.84. The Bertz CT molecular complexity index is 1180. The van der Waals surface area contributed by atoms with Crippen molar-refractivity contribution in [3.63, 3.8) is 0 Å². The second-order valence-corrected chi connectivity index (χ2v) is 10.0. The minimum Gasteiger partial charge on any atom is -0.508 e. The summed E-state index contributed by atoms with van der Waals surface area (Å²) in [5.41, 5.74) is 6.24. The zero-order valence-electron chi connectivity index (χ0n) is 20.1. The summed E-state index contributed by atoms with van der Waals surface area (Å²) in [5.74, 6) is -0.510. The predicted octanol–water partition coefficient (Wildman–Crippen LogP) is 0.335. The number of phenols is 1. The van der Waals surface area contributed by atoms with Crippen LogP contribution < -0.4 is 16.6 Å². The van der Waals surface area contributed by atoms with E-state index in [9.17, 15) is 24.9 Å². The molecule has 1 aliphatic heterocycles. The molecule has 9 heteroatoms. The van der Waals surface area contributed by atoms with E-state index in [-0.39, 0.29) is 23.8 Å². The highest BCUT2D eigenvalue weighted by Crippen LogP contribution is 2.53. The summed E-state index contributed by atoms with van der Waals surface area (Å²) in [4.78, 5) is 29.3. The van der Waals surface area contributed by atoms with Crippen molar-refractivity contribution in [2.45, 2.75) is 69.4 Å². The van der Waals surface area contributed by atoms with E-state index in [1.807, 2.05) is 27.0 Å². The van der Waals surface area contributed by atoms with Crippen LogP contribution in [0, 0.1) is 6.92 Å². The summed E-state index contributed by atoms with van der Waals surface area (Å²) < 4.78 is 0. The summed E-state index contributed by atoms with van der Waals surface area (Å²) in [6.45, 7) is 6.22. The Morgan fingerprint density at radius 1 is 1.32 bits per heavy atom. The molecule has 0 spiro atoms. The number of nitrogens with zero attached hydrogens (tertiary/aromatic N) is 1. The molecule has 1 saturated heterocycles. The van der Waals surface area contributed by atoms with Gasteiger partial charge < -0.3 is 30.9 Å². The van der Waals surface area contributed by atoms with Crippen LogP contribution in [-0.2, 0) is 23.1 Å². The van der Waals surface area contributed by atoms with Crippen molar-refractivity contribution in [1.82, 2.24) is 15.2 Å². The van der Waals surface area contributed by atoms with E-state index in [1.54, 1.807) is 18.2 Å². The molecule has 1 unspecified atom stereocenters. The van der Waals surface area contributed by atoms with Crippen molar-refractivity contribution in [2.24, 2.45) is 5.73 Å². The minimum atomic E-state index is -1.39. The van der Waals surface area contributed by atoms with E-state index >= 15 is 0 Å². The molecule has 5 atom stereocenters. The lowest BCUT2D eigenvalue weighted by molar-refractivity contribution is -0.133. The number of aromatic amines is 1. The fraction of sp³-hybridized carbons (Fsp3) is 0.520. The number of hydrogen-bond donors (Lipinski definition) is 6. The largest absolute Gasteiger partial charge is 0.508 e. The van der Waals surface area contributed by atoms with E-state index < -0.39 is 34.8 Å². The molecule has 7 N–H and O–H groups in total. The average molecular weight is 471 g/mol. The van der Waals surface area contributed by atoms with Crippen LogP contribution in [0.3, 0.4) is 0 Å². The van der Waals surface area contributed by atoms with Crippen LogP contribution in [0.25, 0.3) is 0 Å². The van der Waals surface area contributed by atoms with Crippen molar-refractivity contribution in [3.05, 3.63) is 62.6 Å². The van der Waals surface area contributed by atoms with E-state index in [1.165, 1.54) is 6.92 Å². The first-order chi connectivity index (χ1) is 15.9. The zero-order valence-corrected chi connectivity index (χ0v) is 20.1. The molecular formula is C25H34N4O5. The smallest absolute Gasteiger partial charge is 0.255 e. The topological polar surface area (TPSA) is 152 Å². The molecule has 0 bridgehead atoms. The molecule has 0 radical (unpaired) electrons. The molecule has 2 heterocycles. The Kier molecular flexibility index (Phi) is 6.10. The van der Waals surface area contributed by atoms with Gasteiger partial charge in [0.2, 0.25) is 5.91 Å². The zero-order chi connectivity index (χ0) is 25.0. The quantitative estimate of drug-likeness (QED) is 0.345. The first kappa shape index (κ1) is 24.4. The highest BCUT2D eigenvalue weighted by Gasteiger charge is 2.60. The number of nitrogens with one attached hydrogen (secondary N) is 2. The molecule has 1 fully saturated rings. The highest BCUT2D eigenvalue weighted by atomic mass is 16.3. The van der Waals surface area contributed by atoms with Crippen LogP contribution in [0.2, 0.25) is 0 Å². The van der Waals surface area contributed by atoms with Gasteiger partial charge in [-0.3, -0.25) is 14.9 Å². The first-order valence-electron chi connectivity index (χ1n) is 11.6. The number of pyridine rings is 1. The van der Waals surface area contributed by atoms with Gasteiger partial charge in [0.05, 0.1) is 17.2 Å². The number of benzene rings is 1. The Balaban J connectivity index is 1.85. The van der Waals surface area contributed by atoms with Crippen molar-refractivity contribution in [3.8, 4) is 5.75 Å². The number of carbonyl (C=O) groups excluding carboxylic acids is 1. The van der Waals surface area contributed by atoms with Gasteiger partial charge >= 0.3 is 0 Å². The van der Waals surface area contributed by atoms with Gasteiger partial charge in [0.25, 0.3) is 5.56 Å². The van der Waals surface area contributed by atoms with E-state index in [0.717, 1.165) is 23.2 Å². The second-order valence-electron chi connectivity index (χ2n) is 10.0. The molecule has 1 amide bonds. The number of likely N-dealkylation sites (tertiary alicyclic amines) is 1. The first-order valence-corrected chi connectivity index (χ1v) is 11.6. The number of aliphatic hydroxyl groups is 2.